The monoisotopic (exact) mass is 419 g/mol. The summed E-state index contributed by atoms with van der Waals surface area (Å²) in [7, 11) is 1.84. The fraction of sp³-hybridized carbons (Fsp3) is 0.150. The van der Waals surface area contributed by atoms with Gasteiger partial charge in [-0.2, -0.15) is 10.2 Å². The molecular formula is C20H17N7O2S. The summed E-state index contributed by atoms with van der Waals surface area (Å²) in [6, 6.07) is 8.74. The maximum absolute atomic E-state index is 13.1. The molecule has 9 nitrogen and oxygen atoms in total. The maximum Gasteiger partial charge on any atom is 0.291 e. The molecule has 0 unspecified atom stereocenters. The zero-order valence-corrected chi connectivity index (χ0v) is 16.8. The van der Waals surface area contributed by atoms with Crippen LogP contribution in [0.5, 0.6) is 0 Å². The van der Waals surface area contributed by atoms with Crippen molar-refractivity contribution in [2.24, 2.45) is 12.8 Å². The van der Waals surface area contributed by atoms with E-state index in [1.165, 1.54) is 4.68 Å². The number of nitrogens with one attached hydrogen (secondary N) is 1. The molecule has 0 bridgehead atoms. The summed E-state index contributed by atoms with van der Waals surface area (Å²) in [5.41, 5.74) is 8.69. The van der Waals surface area contributed by atoms with Gasteiger partial charge in [-0.15, -0.1) is 11.3 Å². The third-order valence-corrected chi connectivity index (χ3v) is 6.12. The van der Waals surface area contributed by atoms with Gasteiger partial charge in [0, 0.05) is 36.3 Å². The van der Waals surface area contributed by atoms with E-state index in [1.54, 1.807) is 48.0 Å². The number of aryl methyl sites for hydroxylation is 1. The number of aromatic nitrogens is 6. The van der Waals surface area contributed by atoms with E-state index in [2.05, 4.69) is 15.3 Å². The third kappa shape index (κ3) is 2.98. The molecule has 0 aliphatic carbocycles. The summed E-state index contributed by atoms with van der Waals surface area (Å²) >= 11 is 1.56. The van der Waals surface area contributed by atoms with Gasteiger partial charge in [-0.3, -0.25) is 14.7 Å². The molecule has 0 aliphatic heterocycles. The summed E-state index contributed by atoms with van der Waals surface area (Å²) in [6.07, 6.45) is 4.09. The SMILES string of the molecule is Cn1c2nc(Cc3ccn[nH]3)sc2c2cnn(Cc3ccc(C(N)=O)cc3)c(=O)c21. The van der Waals surface area contributed by atoms with E-state index in [0.717, 1.165) is 32.0 Å². The lowest BCUT2D eigenvalue weighted by Gasteiger charge is -2.06. The van der Waals surface area contributed by atoms with Gasteiger partial charge < -0.3 is 10.3 Å². The fourth-order valence-corrected chi connectivity index (χ4v) is 4.64. The van der Waals surface area contributed by atoms with Crippen LogP contribution in [0.1, 0.15) is 26.6 Å². The molecule has 1 aromatic carbocycles. The second-order valence-corrected chi connectivity index (χ2v) is 8.09. The van der Waals surface area contributed by atoms with Gasteiger partial charge in [-0.05, 0) is 23.8 Å². The first-order chi connectivity index (χ1) is 14.5. The molecule has 150 valence electrons. The first kappa shape index (κ1) is 18.3. The van der Waals surface area contributed by atoms with Gasteiger partial charge in [0.1, 0.15) is 10.5 Å². The smallest absolute Gasteiger partial charge is 0.291 e. The number of carbonyl (C=O) groups excluding carboxylic acids is 1. The van der Waals surface area contributed by atoms with Crippen LogP contribution in [-0.4, -0.2) is 35.4 Å². The molecule has 5 aromatic rings. The van der Waals surface area contributed by atoms with Crippen molar-refractivity contribution in [2.45, 2.75) is 13.0 Å². The normalized spacial score (nSPS) is 11.5. The van der Waals surface area contributed by atoms with Crippen LogP contribution < -0.4 is 11.3 Å². The van der Waals surface area contributed by atoms with Crippen LogP contribution in [0.3, 0.4) is 0 Å². The Morgan fingerprint density at radius 2 is 2.03 bits per heavy atom. The van der Waals surface area contributed by atoms with Gasteiger partial charge in [0.2, 0.25) is 5.91 Å². The van der Waals surface area contributed by atoms with Crippen molar-refractivity contribution < 1.29 is 4.79 Å². The van der Waals surface area contributed by atoms with Crippen LogP contribution in [0.25, 0.3) is 21.3 Å². The number of H-pyrrole nitrogens is 1. The number of nitrogens with two attached hydrogens (primary N) is 1. The number of benzene rings is 1. The van der Waals surface area contributed by atoms with Gasteiger partial charge in [0.25, 0.3) is 5.56 Å². The first-order valence-corrected chi connectivity index (χ1v) is 10.0. The lowest BCUT2D eigenvalue weighted by molar-refractivity contribution is 0.100. The van der Waals surface area contributed by atoms with Gasteiger partial charge >= 0.3 is 0 Å². The lowest BCUT2D eigenvalue weighted by atomic mass is 10.1. The van der Waals surface area contributed by atoms with Crippen LogP contribution in [0, 0.1) is 0 Å². The number of hydrogen-bond acceptors (Lipinski definition) is 6. The number of nitrogens with zero attached hydrogens (tertiary/aromatic N) is 5. The molecule has 0 atom stereocenters. The van der Waals surface area contributed by atoms with E-state index in [4.69, 9.17) is 10.7 Å². The van der Waals surface area contributed by atoms with E-state index in [1.807, 2.05) is 17.7 Å². The van der Waals surface area contributed by atoms with Crippen LogP contribution in [-0.2, 0) is 20.0 Å². The van der Waals surface area contributed by atoms with E-state index in [0.29, 0.717) is 24.0 Å². The Hall–Kier alpha value is -3.79. The average Bonchev–Trinajstić information content (AvgIpc) is 3.44. The van der Waals surface area contributed by atoms with E-state index in [9.17, 15) is 9.59 Å². The molecular weight excluding hydrogens is 402 g/mol. The molecule has 0 aliphatic rings. The Kier molecular flexibility index (Phi) is 4.21. The van der Waals surface area contributed by atoms with E-state index >= 15 is 0 Å². The van der Waals surface area contributed by atoms with Gasteiger partial charge in [0.05, 0.1) is 17.4 Å². The number of rotatable bonds is 5. The Bertz CT molecular complexity index is 1440. The molecule has 3 N–H and O–H groups in total. The second-order valence-electron chi connectivity index (χ2n) is 7.01. The number of fused-ring (bicyclic) bond motifs is 3. The number of primary amides is 1. The van der Waals surface area contributed by atoms with Crippen molar-refractivity contribution >= 4 is 38.5 Å². The van der Waals surface area contributed by atoms with Crippen LogP contribution in [0.15, 0.2) is 47.5 Å². The highest BCUT2D eigenvalue weighted by atomic mass is 32.1. The quantitative estimate of drug-likeness (QED) is 0.449. The molecule has 1 amide bonds. The van der Waals surface area contributed by atoms with Crippen molar-refractivity contribution in [3.63, 3.8) is 0 Å². The van der Waals surface area contributed by atoms with Gasteiger partial charge in [0.15, 0.2) is 5.65 Å². The minimum atomic E-state index is -0.485. The summed E-state index contributed by atoms with van der Waals surface area (Å²) in [5, 5.41) is 13.0. The zero-order valence-electron chi connectivity index (χ0n) is 16.0. The summed E-state index contributed by atoms with van der Waals surface area (Å²) in [5.74, 6) is -0.485. The standard InChI is InChI=1S/C20H17N7O2S/c1-26-16-14(17-19(26)24-15(30-17)8-13-6-7-22-25-13)9-23-27(20(16)29)10-11-2-4-12(5-3-11)18(21)28/h2-7,9H,8,10H2,1H3,(H2,21,28)(H,22,25). The predicted molar refractivity (Wildman–Crippen MR) is 114 cm³/mol. The van der Waals surface area contributed by atoms with Crippen molar-refractivity contribution in [3.8, 4) is 0 Å². The largest absolute Gasteiger partial charge is 0.366 e. The molecule has 0 spiro atoms. The number of aromatic amines is 1. The fourth-order valence-electron chi connectivity index (χ4n) is 3.51. The van der Waals surface area contributed by atoms with Gasteiger partial charge in [-0.1, -0.05) is 12.1 Å². The molecule has 4 aromatic heterocycles. The van der Waals surface area contributed by atoms with Crippen molar-refractivity contribution in [2.75, 3.05) is 0 Å². The van der Waals surface area contributed by atoms with Crippen LogP contribution in [0.2, 0.25) is 0 Å². The van der Waals surface area contributed by atoms with Crippen LogP contribution in [0.4, 0.5) is 0 Å². The second kappa shape index (κ2) is 6.92. The van der Waals surface area contributed by atoms with Crippen molar-refractivity contribution in [3.05, 3.63) is 74.9 Å². The Morgan fingerprint density at radius 3 is 2.73 bits per heavy atom. The predicted octanol–water partition coefficient (Wildman–Crippen LogP) is 1.81. The Labute approximate surface area is 173 Å². The number of amides is 1. The maximum atomic E-state index is 13.1. The van der Waals surface area contributed by atoms with Gasteiger partial charge in [-0.25, -0.2) is 9.67 Å². The summed E-state index contributed by atoms with van der Waals surface area (Å²) < 4.78 is 4.19. The molecule has 4 heterocycles. The molecule has 5 rings (SSSR count). The first-order valence-electron chi connectivity index (χ1n) is 9.22. The Balaban J connectivity index is 1.53. The van der Waals surface area contributed by atoms with Crippen molar-refractivity contribution in [1.82, 2.24) is 29.5 Å². The van der Waals surface area contributed by atoms with Crippen LogP contribution >= 0.6 is 11.3 Å². The lowest BCUT2D eigenvalue weighted by Crippen LogP contribution is -2.24. The summed E-state index contributed by atoms with van der Waals surface area (Å²) in [6.45, 7) is 0.297. The average molecular weight is 419 g/mol. The summed E-state index contributed by atoms with van der Waals surface area (Å²) in [4.78, 5) is 29.0. The molecule has 30 heavy (non-hydrogen) atoms. The molecule has 10 heteroatoms. The van der Waals surface area contributed by atoms with E-state index < -0.39 is 5.91 Å². The molecule has 0 saturated heterocycles. The highest BCUT2D eigenvalue weighted by Crippen LogP contribution is 2.31. The highest BCUT2D eigenvalue weighted by Gasteiger charge is 2.18. The Morgan fingerprint density at radius 1 is 1.23 bits per heavy atom. The molecule has 0 radical (unpaired) electrons. The molecule has 0 saturated carbocycles. The third-order valence-electron chi connectivity index (χ3n) is 5.04. The number of hydrogen-bond donors (Lipinski definition) is 2. The topological polar surface area (TPSA) is 124 Å². The number of carbonyl (C=O) groups is 1. The number of thiazole rings is 1. The zero-order chi connectivity index (χ0) is 20.8. The molecule has 0 fully saturated rings. The highest BCUT2D eigenvalue weighted by molar-refractivity contribution is 7.19. The minimum Gasteiger partial charge on any atom is -0.366 e. The van der Waals surface area contributed by atoms with Crippen molar-refractivity contribution in [1.29, 1.82) is 0 Å². The van der Waals surface area contributed by atoms with E-state index in [-0.39, 0.29) is 5.56 Å². The minimum absolute atomic E-state index is 0.186.